The van der Waals surface area contributed by atoms with Gasteiger partial charge < -0.3 is 4.90 Å². The van der Waals surface area contributed by atoms with Gasteiger partial charge in [0.15, 0.2) is 5.78 Å². The molecule has 3 rings (SSSR count). The molecule has 0 amide bonds. The zero-order valence-electron chi connectivity index (χ0n) is 10.2. The lowest BCUT2D eigenvalue weighted by Gasteiger charge is -2.33. The quantitative estimate of drug-likeness (QED) is 0.794. The van der Waals surface area contributed by atoms with Gasteiger partial charge in [0.1, 0.15) is 5.78 Å². The Morgan fingerprint density at radius 1 is 1.28 bits per heavy atom. The summed E-state index contributed by atoms with van der Waals surface area (Å²) in [5.74, 6) is 0.222. The predicted molar refractivity (Wildman–Crippen MR) is 69.4 cm³/mol. The van der Waals surface area contributed by atoms with Crippen LogP contribution in [0.2, 0.25) is 0 Å². The largest absolute Gasteiger partial charge is 0.354 e. The Labute approximate surface area is 106 Å². The summed E-state index contributed by atoms with van der Waals surface area (Å²) >= 11 is 0. The summed E-state index contributed by atoms with van der Waals surface area (Å²) in [6.45, 7) is 1.62. The molecule has 18 heavy (non-hydrogen) atoms. The molecule has 2 aliphatic heterocycles. The van der Waals surface area contributed by atoms with E-state index < -0.39 is 0 Å². The molecule has 92 valence electrons. The first-order valence-corrected chi connectivity index (χ1v) is 6.24. The van der Waals surface area contributed by atoms with E-state index in [1.54, 1.807) is 13.0 Å². The molecule has 0 spiro atoms. The second kappa shape index (κ2) is 4.09. The van der Waals surface area contributed by atoms with Crippen LogP contribution in [0.1, 0.15) is 13.3 Å². The van der Waals surface area contributed by atoms with Gasteiger partial charge >= 0.3 is 0 Å². The summed E-state index contributed by atoms with van der Waals surface area (Å²) in [6.07, 6.45) is 4.16. The molecule has 0 aromatic heterocycles. The fourth-order valence-corrected chi connectivity index (χ4v) is 3.04. The Hall–Kier alpha value is -1.90. The number of rotatable bonds is 2. The molecule has 2 aliphatic rings. The smallest absolute Gasteiger partial charge is 0.177 e. The van der Waals surface area contributed by atoms with Crippen LogP contribution >= 0.6 is 0 Å². The van der Waals surface area contributed by atoms with E-state index in [-0.39, 0.29) is 29.6 Å². The molecule has 1 aromatic rings. The maximum atomic E-state index is 12.0. The molecule has 0 aliphatic carbocycles. The van der Waals surface area contributed by atoms with E-state index in [1.807, 2.05) is 36.4 Å². The van der Waals surface area contributed by atoms with Crippen LogP contribution in [-0.4, -0.2) is 23.7 Å². The van der Waals surface area contributed by atoms with Crippen molar-refractivity contribution in [2.45, 2.75) is 25.4 Å². The first-order valence-electron chi connectivity index (χ1n) is 6.24. The molecule has 0 N–H and O–H groups in total. The topological polar surface area (TPSA) is 37.4 Å². The van der Waals surface area contributed by atoms with Gasteiger partial charge in [0.2, 0.25) is 0 Å². The van der Waals surface area contributed by atoms with Crippen molar-refractivity contribution in [1.82, 2.24) is 0 Å². The molecule has 0 saturated carbocycles. The lowest BCUT2D eigenvalue weighted by molar-refractivity contribution is -0.120. The molecular formula is C15H15NO2. The summed E-state index contributed by atoms with van der Waals surface area (Å²) in [5, 5.41) is 0. The van der Waals surface area contributed by atoms with E-state index in [2.05, 4.69) is 4.90 Å². The zero-order chi connectivity index (χ0) is 12.7. The highest BCUT2D eigenvalue weighted by molar-refractivity contribution is 6.00. The predicted octanol–water partition coefficient (Wildman–Crippen LogP) is 1.98. The van der Waals surface area contributed by atoms with Crippen molar-refractivity contribution in [1.29, 1.82) is 0 Å². The molecule has 1 saturated heterocycles. The van der Waals surface area contributed by atoms with Crippen LogP contribution in [0.4, 0.5) is 5.69 Å². The minimum Gasteiger partial charge on any atom is -0.354 e. The Balaban J connectivity index is 2.03. The molecule has 3 heteroatoms. The third-order valence-corrected chi connectivity index (χ3v) is 3.91. The van der Waals surface area contributed by atoms with Crippen molar-refractivity contribution >= 4 is 17.3 Å². The molecular weight excluding hydrogens is 226 g/mol. The Kier molecular flexibility index (Phi) is 2.54. The molecule has 2 heterocycles. The Morgan fingerprint density at radius 2 is 2.00 bits per heavy atom. The fourth-order valence-electron chi connectivity index (χ4n) is 3.04. The maximum absolute atomic E-state index is 12.0. The van der Waals surface area contributed by atoms with Crippen molar-refractivity contribution in [3.8, 4) is 0 Å². The minimum absolute atomic E-state index is 0.0348. The number of benzene rings is 1. The van der Waals surface area contributed by atoms with Crippen LogP contribution in [0, 0.1) is 5.92 Å². The Bertz CT molecular complexity index is 521. The average molecular weight is 241 g/mol. The van der Waals surface area contributed by atoms with Gasteiger partial charge in [-0.25, -0.2) is 0 Å². The monoisotopic (exact) mass is 241 g/mol. The molecule has 3 nitrogen and oxygen atoms in total. The number of para-hydroxylation sites is 1. The first-order chi connectivity index (χ1) is 8.68. The maximum Gasteiger partial charge on any atom is 0.177 e. The zero-order valence-corrected chi connectivity index (χ0v) is 10.2. The lowest BCUT2D eigenvalue weighted by atomic mass is 9.96. The highest BCUT2D eigenvalue weighted by Crippen LogP contribution is 2.38. The van der Waals surface area contributed by atoms with Crippen molar-refractivity contribution in [2.24, 2.45) is 5.92 Å². The number of fused-ring (bicyclic) bond motifs is 2. The number of ketones is 2. The van der Waals surface area contributed by atoms with E-state index >= 15 is 0 Å². The summed E-state index contributed by atoms with van der Waals surface area (Å²) in [5.41, 5.74) is 1.02. The van der Waals surface area contributed by atoms with Crippen molar-refractivity contribution in [3.63, 3.8) is 0 Å². The Morgan fingerprint density at radius 3 is 2.67 bits per heavy atom. The highest BCUT2D eigenvalue weighted by atomic mass is 16.1. The number of hydrogen-bond acceptors (Lipinski definition) is 3. The normalized spacial score (nSPS) is 29.7. The van der Waals surface area contributed by atoms with E-state index in [4.69, 9.17) is 0 Å². The molecule has 3 atom stereocenters. The summed E-state index contributed by atoms with van der Waals surface area (Å²) in [4.78, 5) is 25.8. The van der Waals surface area contributed by atoms with Crippen LogP contribution in [-0.2, 0) is 9.59 Å². The van der Waals surface area contributed by atoms with Gasteiger partial charge in [-0.15, -0.1) is 0 Å². The fraction of sp³-hybridized carbons (Fsp3) is 0.333. The third kappa shape index (κ3) is 1.58. The third-order valence-electron chi connectivity index (χ3n) is 3.91. The second-order valence-electron chi connectivity index (χ2n) is 4.96. The number of nitrogens with zero attached hydrogens (tertiary/aromatic N) is 1. The summed E-state index contributed by atoms with van der Waals surface area (Å²) in [7, 11) is 0. The van der Waals surface area contributed by atoms with Crippen molar-refractivity contribution in [2.75, 3.05) is 4.90 Å². The molecule has 0 radical (unpaired) electrons. The van der Waals surface area contributed by atoms with E-state index in [9.17, 15) is 9.59 Å². The molecule has 2 bridgehead atoms. The van der Waals surface area contributed by atoms with E-state index in [1.165, 1.54) is 0 Å². The van der Waals surface area contributed by atoms with Crippen LogP contribution in [0.15, 0.2) is 42.5 Å². The van der Waals surface area contributed by atoms with Gasteiger partial charge in [0, 0.05) is 11.6 Å². The summed E-state index contributed by atoms with van der Waals surface area (Å²) in [6, 6.07) is 9.73. The number of anilines is 1. The SMILES string of the molecule is CC(=O)[C@H]1C[C@@H]2C(=O)C=C[C@H]1N2c1ccccc1. The molecule has 1 aromatic carbocycles. The number of Topliss-reactive ketones (excluding diaryl/α,β-unsaturated/α-hetero) is 1. The van der Waals surface area contributed by atoms with Gasteiger partial charge in [-0.1, -0.05) is 24.3 Å². The van der Waals surface area contributed by atoms with Crippen molar-refractivity contribution < 1.29 is 9.59 Å². The standard InChI is InChI=1S/C15H15NO2/c1-10(17)12-9-14-15(18)8-7-13(12)16(14)11-5-3-2-4-6-11/h2-8,12-14H,9H2,1H3/t12-,13-,14-/m1/s1. The summed E-state index contributed by atoms with van der Waals surface area (Å²) < 4.78 is 0. The highest BCUT2D eigenvalue weighted by Gasteiger charge is 2.46. The minimum atomic E-state index is -0.170. The van der Waals surface area contributed by atoms with E-state index in [0.29, 0.717) is 6.42 Å². The van der Waals surface area contributed by atoms with Crippen LogP contribution < -0.4 is 4.90 Å². The number of carbonyl (C=O) groups is 2. The van der Waals surface area contributed by atoms with Crippen LogP contribution in [0.5, 0.6) is 0 Å². The number of carbonyl (C=O) groups excluding carboxylic acids is 2. The second-order valence-corrected chi connectivity index (χ2v) is 4.96. The molecule has 0 unspecified atom stereocenters. The average Bonchev–Trinajstić information content (AvgIpc) is 2.68. The molecule has 1 fully saturated rings. The van der Waals surface area contributed by atoms with Gasteiger partial charge in [-0.2, -0.15) is 0 Å². The van der Waals surface area contributed by atoms with Gasteiger partial charge in [0.25, 0.3) is 0 Å². The van der Waals surface area contributed by atoms with Crippen LogP contribution in [0.3, 0.4) is 0 Å². The van der Waals surface area contributed by atoms with Gasteiger partial charge in [0.05, 0.1) is 12.1 Å². The first kappa shape index (κ1) is 11.2. The van der Waals surface area contributed by atoms with E-state index in [0.717, 1.165) is 5.69 Å². The van der Waals surface area contributed by atoms with Gasteiger partial charge in [-0.05, 0) is 31.6 Å². The van der Waals surface area contributed by atoms with Gasteiger partial charge in [-0.3, -0.25) is 9.59 Å². The van der Waals surface area contributed by atoms with Crippen LogP contribution in [0.25, 0.3) is 0 Å². The number of hydrogen-bond donors (Lipinski definition) is 0. The lowest BCUT2D eigenvalue weighted by Crippen LogP contribution is -2.43. The van der Waals surface area contributed by atoms with Crippen molar-refractivity contribution in [3.05, 3.63) is 42.5 Å².